The van der Waals surface area contributed by atoms with Gasteiger partial charge in [-0.25, -0.2) is 0 Å². The third-order valence-electron chi connectivity index (χ3n) is 3.10. The summed E-state index contributed by atoms with van der Waals surface area (Å²) in [6.07, 6.45) is 0.869. The minimum atomic E-state index is -0.734. The van der Waals surface area contributed by atoms with Crippen LogP contribution in [0, 0.1) is 5.92 Å². The predicted octanol–water partition coefficient (Wildman–Crippen LogP) is 3.03. The van der Waals surface area contributed by atoms with E-state index in [1.54, 1.807) is 7.11 Å². The molecule has 96 valence electrons. The summed E-state index contributed by atoms with van der Waals surface area (Å²) < 4.78 is 17.1. The molecule has 1 aromatic rings. The van der Waals surface area contributed by atoms with Gasteiger partial charge in [0, 0.05) is 21.8 Å². The molecule has 0 heterocycles. The maximum atomic E-state index is 12.0. The Labute approximate surface area is 107 Å². The molecule has 0 amide bonds. The van der Waals surface area contributed by atoms with Gasteiger partial charge in [0.25, 0.3) is 0 Å². The summed E-state index contributed by atoms with van der Waals surface area (Å²) in [5, 5.41) is 0.272. The molecule has 0 aliphatic carbocycles. The standard InChI is InChI=1S/C14H22O2S/c1-11(2)12(3)17(15)10-9-13-5-7-14(16-4)8-6-13/h5-8,11-12H,9-10H2,1-4H3. The van der Waals surface area contributed by atoms with Crippen LogP contribution in [0.5, 0.6) is 5.75 Å². The molecular formula is C14H22O2S. The molecule has 0 bridgehead atoms. The van der Waals surface area contributed by atoms with Gasteiger partial charge >= 0.3 is 0 Å². The van der Waals surface area contributed by atoms with Crippen LogP contribution in [0.1, 0.15) is 26.3 Å². The maximum Gasteiger partial charge on any atom is 0.118 e. The number of aryl methyl sites for hydroxylation is 1. The maximum absolute atomic E-state index is 12.0. The van der Waals surface area contributed by atoms with Gasteiger partial charge in [-0.15, -0.1) is 0 Å². The Balaban J connectivity index is 2.47. The SMILES string of the molecule is COc1ccc(CCS(=O)C(C)C(C)C)cc1. The van der Waals surface area contributed by atoms with E-state index >= 15 is 0 Å². The number of methoxy groups -OCH3 is 1. The summed E-state index contributed by atoms with van der Waals surface area (Å²) in [5.41, 5.74) is 1.22. The van der Waals surface area contributed by atoms with Crippen molar-refractivity contribution in [3.05, 3.63) is 29.8 Å². The highest BCUT2D eigenvalue weighted by atomic mass is 32.2. The van der Waals surface area contributed by atoms with E-state index in [9.17, 15) is 4.21 Å². The summed E-state index contributed by atoms with van der Waals surface area (Å²) in [4.78, 5) is 0. The van der Waals surface area contributed by atoms with Crippen LogP contribution in [0.3, 0.4) is 0 Å². The minimum Gasteiger partial charge on any atom is -0.497 e. The molecule has 2 nitrogen and oxygen atoms in total. The molecule has 17 heavy (non-hydrogen) atoms. The van der Waals surface area contributed by atoms with Crippen molar-refractivity contribution in [2.45, 2.75) is 32.4 Å². The Hall–Kier alpha value is -0.830. The van der Waals surface area contributed by atoms with Gasteiger partial charge in [-0.2, -0.15) is 0 Å². The van der Waals surface area contributed by atoms with Crippen molar-refractivity contribution in [2.24, 2.45) is 5.92 Å². The van der Waals surface area contributed by atoms with Gasteiger partial charge in [0.05, 0.1) is 7.11 Å². The molecule has 0 saturated heterocycles. The van der Waals surface area contributed by atoms with E-state index in [1.807, 2.05) is 24.3 Å². The summed E-state index contributed by atoms with van der Waals surface area (Å²) in [7, 11) is 0.927. The molecule has 0 aliphatic heterocycles. The zero-order valence-electron chi connectivity index (χ0n) is 11.1. The fraction of sp³-hybridized carbons (Fsp3) is 0.571. The second-order valence-electron chi connectivity index (χ2n) is 4.63. The summed E-state index contributed by atoms with van der Waals surface area (Å²) in [6.45, 7) is 6.31. The lowest BCUT2D eigenvalue weighted by atomic mass is 10.1. The lowest BCUT2D eigenvalue weighted by Gasteiger charge is -2.14. The van der Waals surface area contributed by atoms with Crippen molar-refractivity contribution in [1.29, 1.82) is 0 Å². The van der Waals surface area contributed by atoms with E-state index in [-0.39, 0.29) is 5.25 Å². The number of hydrogen-bond donors (Lipinski definition) is 0. The van der Waals surface area contributed by atoms with Gasteiger partial charge in [0.1, 0.15) is 5.75 Å². The van der Waals surface area contributed by atoms with E-state index in [1.165, 1.54) is 5.56 Å². The largest absolute Gasteiger partial charge is 0.497 e. The van der Waals surface area contributed by atoms with Crippen LogP contribution in [0.4, 0.5) is 0 Å². The molecule has 0 fully saturated rings. The van der Waals surface area contributed by atoms with Crippen LogP contribution in [0.25, 0.3) is 0 Å². The zero-order valence-corrected chi connectivity index (χ0v) is 11.9. The monoisotopic (exact) mass is 254 g/mol. The van der Waals surface area contributed by atoms with Crippen LogP contribution in [0.15, 0.2) is 24.3 Å². The molecule has 0 radical (unpaired) electrons. The molecule has 0 aliphatic rings. The van der Waals surface area contributed by atoms with E-state index in [0.29, 0.717) is 5.92 Å². The number of hydrogen-bond acceptors (Lipinski definition) is 2. The van der Waals surface area contributed by atoms with Gasteiger partial charge in [-0.3, -0.25) is 4.21 Å². The molecule has 1 aromatic carbocycles. The first-order chi connectivity index (χ1) is 8.04. The molecule has 0 aromatic heterocycles. The Kier molecular flexibility index (Phi) is 5.69. The highest BCUT2D eigenvalue weighted by Gasteiger charge is 2.14. The molecule has 0 saturated carbocycles. The molecule has 2 atom stereocenters. The predicted molar refractivity (Wildman–Crippen MR) is 74.0 cm³/mol. The lowest BCUT2D eigenvalue weighted by Crippen LogP contribution is -2.20. The summed E-state index contributed by atoms with van der Waals surface area (Å²) in [6, 6.07) is 7.97. The summed E-state index contributed by atoms with van der Waals surface area (Å²) >= 11 is 0. The van der Waals surface area contributed by atoms with Crippen molar-refractivity contribution in [3.63, 3.8) is 0 Å². The van der Waals surface area contributed by atoms with Crippen LogP contribution >= 0.6 is 0 Å². The van der Waals surface area contributed by atoms with Crippen molar-refractivity contribution in [1.82, 2.24) is 0 Å². The first-order valence-corrected chi connectivity index (χ1v) is 7.43. The second kappa shape index (κ2) is 6.80. The van der Waals surface area contributed by atoms with E-state index in [0.717, 1.165) is 17.9 Å². The molecule has 2 unspecified atom stereocenters. The highest BCUT2D eigenvalue weighted by Crippen LogP contribution is 2.14. The fourth-order valence-corrected chi connectivity index (χ4v) is 2.92. The molecular weight excluding hydrogens is 232 g/mol. The summed E-state index contributed by atoms with van der Waals surface area (Å²) in [5.74, 6) is 2.09. The topological polar surface area (TPSA) is 26.3 Å². The van der Waals surface area contributed by atoms with Crippen molar-refractivity contribution in [3.8, 4) is 5.75 Å². The van der Waals surface area contributed by atoms with Crippen LogP contribution in [-0.4, -0.2) is 22.3 Å². The first-order valence-electron chi connectivity index (χ1n) is 6.04. The van der Waals surface area contributed by atoms with Crippen molar-refractivity contribution >= 4 is 10.8 Å². The van der Waals surface area contributed by atoms with Gasteiger partial charge in [-0.1, -0.05) is 32.9 Å². The average Bonchev–Trinajstić information content (AvgIpc) is 2.35. The van der Waals surface area contributed by atoms with E-state index in [4.69, 9.17) is 4.74 Å². The van der Waals surface area contributed by atoms with Gasteiger partial charge in [-0.05, 0) is 30.0 Å². The van der Waals surface area contributed by atoms with Crippen molar-refractivity contribution < 1.29 is 8.95 Å². The third-order valence-corrected chi connectivity index (χ3v) is 5.08. The van der Waals surface area contributed by atoms with Crippen LogP contribution in [0.2, 0.25) is 0 Å². The Bertz CT molecular complexity index is 357. The molecule has 0 spiro atoms. The third kappa shape index (κ3) is 4.50. The normalized spacial score (nSPS) is 14.6. The fourth-order valence-electron chi connectivity index (χ4n) is 1.50. The lowest BCUT2D eigenvalue weighted by molar-refractivity contribution is 0.414. The Morgan fingerprint density at radius 3 is 2.24 bits per heavy atom. The molecule has 0 N–H and O–H groups in total. The zero-order chi connectivity index (χ0) is 12.8. The van der Waals surface area contributed by atoms with E-state index < -0.39 is 10.8 Å². The number of benzene rings is 1. The van der Waals surface area contributed by atoms with Gasteiger partial charge in [0.15, 0.2) is 0 Å². The first kappa shape index (κ1) is 14.2. The number of ether oxygens (including phenoxy) is 1. The molecule has 3 heteroatoms. The minimum absolute atomic E-state index is 0.272. The quantitative estimate of drug-likeness (QED) is 0.780. The average molecular weight is 254 g/mol. The smallest absolute Gasteiger partial charge is 0.118 e. The Morgan fingerprint density at radius 1 is 1.18 bits per heavy atom. The van der Waals surface area contributed by atoms with Crippen LogP contribution in [-0.2, 0) is 17.2 Å². The molecule has 1 rings (SSSR count). The highest BCUT2D eigenvalue weighted by molar-refractivity contribution is 7.85. The van der Waals surface area contributed by atoms with Gasteiger partial charge in [0.2, 0.25) is 0 Å². The van der Waals surface area contributed by atoms with Crippen molar-refractivity contribution in [2.75, 3.05) is 12.9 Å². The van der Waals surface area contributed by atoms with E-state index in [2.05, 4.69) is 20.8 Å². The number of rotatable bonds is 6. The Morgan fingerprint density at radius 2 is 1.76 bits per heavy atom. The van der Waals surface area contributed by atoms with Crippen LogP contribution < -0.4 is 4.74 Å². The second-order valence-corrected chi connectivity index (χ2v) is 6.55. The van der Waals surface area contributed by atoms with Gasteiger partial charge < -0.3 is 4.74 Å².